The Hall–Kier alpha value is -3.10. The van der Waals surface area contributed by atoms with Crippen LogP contribution in [0.15, 0.2) is 30.6 Å². The maximum Gasteiger partial charge on any atom is 0.252 e. The number of pyridine rings is 1. The van der Waals surface area contributed by atoms with Gasteiger partial charge in [-0.1, -0.05) is 11.6 Å². The second kappa shape index (κ2) is 7.25. The minimum atomic E-state index is -0.993. The molecule has 1 aliphatic carbocycles. The van der Waals surface area contributed by atoms with Gasteiger partial charge in [0.2, 0.25) is 0 Å². The second-order valence-corrected chi connectivity index (χ2v) is 8.51. The third-order valence-electron chi connectivity index (χ3n) is 5.54. The summed E-state index contributed by atoms with van der Waals surface area (Å²) in [6.07, 6.45) is 5.48. The number of carbonyl (C=O) groups is 2. The first-order chi connectivity index (χ1) is 14.9. The van der Waals surface area contributed by atoms with E-state index in [2.05, 4.69) is 20.6 Å². The summed E-state index contributed by atoms with van der Waals surface area (Å²) < 4.78 is 11.0. The molecule has 1 amide bonds. The zero-order chi connectivity index (χ0) is 21.8. The van der Waals surface area contributed by atoms with Crippen molar-refractivity contribution in [3.05, 3.63) is 46.7 Å². The molecule has 3 heterocycles. The molecule has 1 atom stereocenters. The number of H-pyrrole nitrogens is 1. The molecule has 5 rings (SSSR count). The average Bonchev–Trinajstić information content (AvgIpc) is 3.43. The first-order valence-electron chi connectivity index (χ1n) is 9.99. The van der Waals surface area contributed by atoms with E-state index in [-0.39, 0.29) is 24.4 Å². The number of fused-ring (bicyclic) bond motifs is 3. The monoisotopic (exact) mass is 440 g/mol. The number of amides is 1. The molecule has 160 valence electrons. The number of ether oxygens (including phenoxy) is 2. The number of aromatic nitrogens is 2. The molecule has 0 unspecified atom stereocenters. The van der Waals surface area contributed by atoms with E-state index in [0.29, 0.717) is 44.3 Å². The number of aromatic amines is 1. The van der Waals surface area contributed by atoms with Gasteiger partial charge in [0.15, 0.2) is 5.78 Å². The molecule has 9 heteroatoms. The highest BCUT2D eigenvalue weighted by Gasteiger charge is 2.39. The molecule has 2 aromatic heterocycles. The molecule has 8 nitrogen and oxygen atoms in total. The highest BCUT2D eigenvalue weighted by atomic mass is 35.5. The molecule has 2 aliphatic rings. The Morgan fingerprint density at radius 2 is 2.13 bits per heavy atom. The van der Waals surface area contributed by atoms with Gasteiger partial charge in [0.25, 0.3) is 5.91 Å². The summed E-state index contributed by atoms with van der Waals surface area (Å²) in [5.74, 6) is 0.166. The van der Waals surface area contributed by atoms with Gasteiger partial charge < -0.3 is 25.1 Å². The molecule has 0 bridgehead atoms. The Morgan fingerprint density at radius 3 is 2.84 bits per heavy atom. The lowest BCUT2D eigenvalue weighted by molar-refractivity contribution is -0.121. The highest BCUT2D eigenvalue weighted by Crippen LogP contribution is 2.39. The maximum atomic E-state index is 13.4. The normalized spacial score (nSPS) is 20.2. The van der Waals surface area contributed by atoms with E-state index < -0.39 is 5.54 Å². The summed E-state index contributed by atoms with van der Waals surface area (Å²) in [6, 6.07) is 5.10. The lowest BCUT2D eigenvalue weighted by Crippen LogP contribution is -2.53. The van der Waals surface area contributed by atoms with Gasteiger partial charge in [-0.05, 0) is 38.0 Å². The molecule has 0 spiro atoms. The highest BCUT2D eigenvalue weighted by molar-refractivity contribution is 6.36. The molecule has 31 heavy (non-hydrogen) atoms. The van der Waals surface area contributed by atoms with Crippen molar-refractivity contribution in [3.63, 3.8) is 0 Å². The standard InChI is InChI=1S/C22H21ClN4O4/c1-22(10-30-2)21(29)26-16-9-25-20-17(18(16)27-22)14(8-24-20)19(28)13-6-5-12(7-15(13)23)31-11-3-4-11/h5-9,11,27H,3-4,10H2,1-2H3,(H,24,25)(H,26,29)/t22-/m0/s1. The Labute approximate surface area is 183 Å². The number of hydrogen-bond acceptors (Lipinski definition) is 6. The Balaban J connectivity index is 1.56. The SMILES string of the molecule is COC[C@]1(C)Nc2c(cnc3[nH]cc(C(=O)c4ccc(OC5CC5)cc4Cl)c23)NC1=O. The summed E-state index contributed by atoms with van der Waals surface area (Å²) >= 11 is 6.43. The van der Waals surface area contributed by atoms with Crippen LogP contribution in [0.3, 0.4) is 0 Å². The predicted octanol–water partition coefficient (Wildman–Crippen LogP) is 3.76. The lowest BCUT2D eigenvalue weighted by Gasteiger charge is -2.35. The number of nitrogens with one attached hydrogen (secondary N) is 3. The molecule has 1 aromatic carbocycles. The van der Waals surface area contributed by atoms with Crippen LogP contribution in [0.1, 0.15) is 35.7 Å². The maximum absolute atomic E-state index is 13.4. The summed E-state index contributed by atoms with van der Waals surface area (Å²) in [5, 5.41) is 7.01. The minimum absolute atomic E-state index is 0.157. The number of nitrogens with zero attached hydrogens (tertiary/aromatic N) is 1. The molecule has 3 N–H and O–H groups in total. The van der Waals surface area contributed by atoms with Crippen LogP contribution in [0.4, 0.5) is 11.4 Å². The van der Waals surface area contributed by atoms with E-state index in [9.17, 15) is 9.59 Å². The minimum Gasteiger partial charge on any atom is -0.490 e. The van der Waals surface area contributed by atoms with Crippen LogP contribution < -0.4 is 15.4 Å². The van der Waals surface area contributed by atoms with Crippen molar-refractivity contribution in [2.75, 3.05) is 24.4 Å². The van der Waals surface area contributed by atoms with Crippen molar-refractivity contribution in [2.45, 2.75) is 31.4 Å². The van der Waals surface area contributed by atoms with Gasteiger partial charge in [-0.2, -0.15) is 0 Å². The first kappa shape index (κ1) is 19.8. The number of benzene rings is 1. The third-order valence-corrected chi connectivity index (χ3v) is 5.85. The molecular formula is C22H21ClN4O4. The van der Waals surface area contributed by atoms with Crippen LogP contribution in [0.2, 0.25) is 5.02 Å². The molecule has 1 aliphatic heterocycles. The van der Waals surface area contributed by atoms with Crippen LogP contribution in [0.5, 0.6) is 5.75 Å². The van der Waals surface area contributed by atoms with Gasteiger partial charge in [-0.3, -0.25) is 9.59 Å². The summed E-state index contributed by atoms with van der Waals surface area (Å²) in [7, 11) is 1.53. The number of halogens is 1. The number of ketones is 1. The van der Waals surface area contributed by atoms with E-state index in [4.69, 9.17) is 21.1 Å². The van der Waals surface area contributed by atoms with Gasteiger partial charge in [0.1, 0.15) is 16.9 Å². The van der Waals surface area contributed by atoms with E-state index >= 15 is 0 Å². The molecular weight excluding hydrogens is 420 g/mol. The Kier molecular flexibility index (Phi) is 4.64. The summed E-state index contributed by atoms with van der Waals surface area (Å²) in [5.41, 5.74) is 1.41. The van der Waals surface area contributed by atoms with Crippen molar-refractivity contribution >= 4 is 45.7 Å². The number of anilines is 2. The van der Waals surface area contributed by atoms with E-state index in [1.165, 1.54) is 7.11 Å². The molecule has 3 aromatic rings. The van der Waals surface area contributed by atoms with Gasteiger partial charge >= 0.3 is 0 Å². The van der Waals surface area contributed by atoms with Crippen LogP contribution in [-0.2, 0) is 9.53 Å². The zero-order valence-corrected chi connectivity index (χ0v) is 17.8. The number of rotatable bonds is 6. The van der Waals surface area contributed by atoms with Crippen LogP contribution in [-0.4, -0.2) is 47.0 Å². The van der Waals surface area contributed by atoms with Crippen molar-refractivity contribution in [1.82, 2.24) is 9.97 Å². The fraction of sp³-hybridized carbons (Fsp3) is 0.318. The molecule has 1 saturated carbocycles. The molecule has 0 radical (unpaired) electrons. The van der Waals surface area contributed by atoms with Gasteiger partial charge in [0, 0.05) is 18.9 Å². The Morgan fingerprint density at radius 1 is 1.32 bits per heavy atom. The van der Waals surface area contributed by atoms with Gasteiger partial charge in [-0.15, -0.1) is 0 Å². The van der Waals surface area contributed by atoms with Crippen LogP contribution in [0.25, 0.3) is 11.0 Å². The topological polar surface area (TPSA) is 105 Å². The average molecular weight is 441 g/mol. The summed E-state index contributed by atoms with van der Waals surface area (Å²) in [6.45, 7) is 1.90. The van der Waals surface area contributed by atoms with Crippen LogP contribution in [0, 0.1) is 0 Å². The van der Waals surface area contributed by atoms with Crippen molar-refractivity contribution in [3.8, 4) is 5.75 Å². The van der Waals surface area contributed by atoms with E-state index in [1.54, 1.807) is 37.5 Å². The molecule has 0 saturated heterocycles. The van der Waals surface area contributed by atoms with Crippen molar-refractivity contribution in [2.24, 2.45) is 0 Å². The Bertz CT molecular complexity index is 1220. The van der Waals surface area contributed by atoms with E-state index in [0.717, 1.165) is 12.8 Å². The summed E-state index contributed by atoms with van der Waals surface area (Å²) in [4.78, 5) is 33.4. The van der Waals surface area contributed by atoms with Crippen molar-refractivity contribution < 1.29 is 19.1 Å². The second-order valence-electron chi connectivity index (χ2n) is 8.11. The quantitative estimate of drug-likeness (QED) is 0.504. The fourth-order valence-corrected chi connectivity index (χ4v) is 4.02. The molecule has 1 fully saturated rings. The lowest BCUT2D eigenvalue weighted by atomic mass is 9.96. The first-order valence-corrected chi connectivity index (χ1v) is 10.4. The van der Waals surface area contributed by atoms with Gasteiger partial charge in [0.05, 0.1) is 46.3 Å². The van der Waals surface area contributed by atoms with Crippen LogP contribution >= 0.6 is 11.6 Å². The predicted molar refractivity (Wildman–Crippen MR) is 117 cm³/mol. The van der Waals surface area contributed by atoms with E-state index in [1.807, 2.05) is 0 Å². The van der Waals surface area contributed by atoms with Crippen molar-refractivity contribution in [1.29, 1.82) is 0 Å². The van der Waals surface area contributed by atoms with Gasteiger partial charge in [-0.25, -0.2) is 4.98 Å². The number of carbonyl (C=O) groups excluding carboxylic acids is 2. The fourth-order valence-electron chi connectivity index (χ4n) is 3.76. The zero-order valence-electron chi connectivity index (χ0n) is 17.0. The number of hydrogen-bond donors (Lipinski definition) is 3. The smallest absolute Gasteiger partial charge is 0.252 e. The third kappa shape index (κ3) is 3.41. The number of methoxy groups -OCH3 is 1. The largest absolute Gasteiger partial charge is 0.490 e.